The summed E-state index contributed by atoms with van der Waals surface area (Å²) in [7, 11) is 0. The van der Waals surface area contributed by atoms with Gasteiger partial charge < -0.3 is 10.0 Å². The van der Waals surface area contributed by atoms with E-state index < -0.39 is 5.97 Å². The minimum Gasteiger partial charge on any atom is -0.481 e. The molecule has 4 rings (SSSR count). The molecule has 1 aromatic carbocycles. The lowest BCUT2D eigenvalue weighted by Crippen LogP contribution is -2.37. The van der Waals surface area contributed by atoms with Gasteiger partial charge in [-0.25, -0.2) is 0 Å². The van der Waals surface area contributed by atoms with Crippen molar-refractivity contribution in [2.75, 3.05) is 19.6 Å². The van der Waals surface area contributed by atoms with E-state index in [1.165, 1.54) is 83.0 Å². The molecule has 2 aliphatic carbocycles. The summed E-state index contributed by atoms with van der Waals surface area (Å²) >= 11 is 0. The van der Waals surface area contributed by atoms with Gasteiger partial charge in [0.25, 0.3) is 0 Å². The SMILES string of the molecule is O=C(O)C(C1CCCCC1)C1CCC(CN2CCC(CCCc3ccccc3)CC2)C1. The van der Waals surface area contributed by atoms with Crippen LogP contribution in [0.15, 0.2) is 30.3 Å². The third-order valence-corrected chi connectivity index (χ3v) is 8.68. The molecule has 1 aliphatic heterocycles. The van der Waals surface area contributed by atoms with Crippen molar-refractivity contribution in [3.05, 3.63) is 35.9 Å². The number of aryl methyl sites for hydroxylation is 1. The standard InChI is InChI=1S/C28H43NO2/c30-28(31)27(25-12-5-2-6-13-25)26-15-14-24(20-26)21-29-18-16-23(17-19-29)11-7-10-22-8-3-1-4-9-22/h1,3-4,8-9,23-27H,2,5-7,10-21H2,(H,30,31). The average Bonchev–Trinajstić information content (AvgIpc) is 3.24. The van der Waals surface area contributed by atoms with Crippen LogP contribution in [0.4, 0.5) is 0 Å². The highest BCUT2D eigenvalue weighted by Crippen LogP contribution is 2.43. The molecule has 3 atom stereocenters. The minimum absolute atomic E-state index is 0.0688. The highest BCUT2D eigenvalue weighted by Gasteiger charge is 2.40. The van der Waals surface area contributed by atoms with Crippen molar-refractivity contribution in [2.24, 2.45) is 29.6 Å². The molecule has 172 valence electrons. The van der Waals surface area contributed by atoms with Crippen molar-refractivity contribution in [3.63, 3.8) is 0 Å². The smallest absolute Gasteiger partial charge is 0.307 e. The Labute approximate surface area is 189 Å². The molecular formula is C28H43NO2. The number of nitrogens with zero attached hydrogens (tertiary/aromatic N) is 1. The summed E-state index contributed by atoms with van der Waals surface area (Å²) < 4.78 is 0. The van der Waals surface area contributed by atoms with Gasteiger partial charge in [0, 0.05) is 6.54 Å². The Bertz CT molecular complexity index is 661. The molecule has 0 radical (unpaired) electrons. The summed E-state index contributed by atoms with van der Waals surface area (Å²) in [6, 6.07) is 10.9. The van der Waals surface area contributed by atoms with Crippen molar-refractivity contribution >= 4 is 5.97 Å². The van der Waals surface area contributed by atoms with Crippen molar-refractivity contribution in [1.29, 1.82) is 0 Å². The molecule has 0 bridgehead atoms. The van der Waals surface area contributed by atoms with Crippen LogP contribution in [-0.2, 0) is 11.2 Å². The maximum Gasteiger partial charge on any atom is 0.307 e. The van der Waals surface area contributed by atoms with E-state index in [-0.39, 0.29) is 5.92 Å². The molecule has 3 aliphatic rings. The Morgan fingerprint density at radius 2 is 1.65 bits per heavy atom. The average molecular weight is 426 g/mol. The lowest BCUT2D eigenvalue weighted by Gasteiger charge is -2.34. The van der Waals surface area contributed by atoms with E-state index in [0.717, 1.165) is 37.5 Å². The molecule has 1 N–H and O–H groups in total. The largest absolute Gasteiger partial charge is 0.481 e. The number of aliphatic carboxylic acids is 1. The van der Waals surface area contributed by atoms with Crippen molar-refractivity contribution in [3.8, 4) is 0 Å². The monoisotopic (exact) mass is 425 g/mol. The molecule has 3 heteroatoms. The summed E-state index contributed by atoms with van der Waals surface area (Å²) in [5.74, 6) is 1.93. The quantitative estimate of drug-likeness (QED) is 0.496. The van der Waals surface area contributed by atoms with Crippen LogP contribution in [0.25, 0.3) is 0 Å². The van der Waals surface area contributed by atoms with E-state index in [2.05, 4.69) is 35.2 Å². The second-order valence-corrected chi connectivity index (χ2v) is 10.8. The first-order chi connectivity index (χ1) is 15.2. The maximum atomic E-state index is 12.1. The first-order valence-electron chi connectivity index (χ1n) is 13.2. The number of rotatable bonds is 9. The molecule has 3 nitrogen and oxygen atoms in total. The summed E-state index contributed by atoms with van der Waals surface area (Å²) in [6.07, 6.45) is 16.2. The highest BCUT2D eigenvalue weighted by atomic mass is 16.4. The van der Waals surface area contributed by atoms with Gasteiger partial charge in [-0.3, -0.25) is 4.79 Å². The van der Waals surface area contributed by atoms with Crippen molar-refractivity contribution in [1.82, 2.24) is 4.90 Å². The zero-order chi connectivity index (χ0) is 21.5. The van der Waals surface area contributed by atoms with Gasteiger partial charge in [0.15, 0.2) is 0 Å². The lowest BCUT2D eigenvalue weighted by atomic mass is 9.73. The van der Waals surface area contributed by atoms with Gasteiger partial charge in [0.05, 0.1) is 5.92 Å². The summed E-state index contributed by atoms with van der Waals surface area (Å²) in [4.78, 5) is 14.8. The normalized spacial score (nSPS) is 27.4. The van der Waals surface area contributed by atoms with Crippen LogP contribution in [-0.4, -0.2) is 35.6 Å². The number of carboxylic acid groups (broad SMARTS) is 1. The van der Waals surface area contributed by atoms with Crippen LogP contribution in [0, 0.1) is 29.6 Å². The second kappa shape index (κ2) is 11.5. The van der Waals surface area contributed by atoms with E-state index in [4.69, 9.17) is 0 Å². The fourth-order valence-electron chi connectivity index (χ4n) is 6.95. The Balaban J connectivity index is 1.16. The van der Waals surface area contributed by atoms with Gasteiger partial charge in [-0.1, -0.05) is 56.0 Å². The van der Waals surface area contributed by atoms with Crippen LogP contribution < -0.4 is 0 Å². The lowest BCUT2D eigenvalue weighted by molar-refractivity contribution is -0.146. The van der Waals surface area contributed by atoms with Crippen LogP contribution >= 0.6 is 0 Å². The third-order valence-electron chi connectivity index (χ3n) is 8.68. The number of hydrogen-bond acceptors (Lipinski definition) is 2. The molecule has 2 saturated carbocycles. The summed E-state index contributed by atoms with van der Waals surface area (Å²) in [6.45, 7) is 3.72. The van der Waals surface area contributed by atoms with E-state index in [1.807, 2.05) is 0 Å². The fourth-order valence-corrected chi connectivity index (χ4v) is 6.95. The predicted octanol–water partition coefficient (Wildman–Crippen LogP) is 6.42. The third kappa shape index (κ3) is 6.57. The molecule has 0 amide bonds. The Morgan fingerprint density at radius 1 is 0.903 bits per heavy atom. The first kappa shape index (κ1) is 22.8. The number of benzene rings is 1. The summed E-state index contributed by atoms with van der Waals surface area (Å²) in [5, 5.41) is 9.96. The minimum atomic E-state index is -0.506. The van der Waals surface area contributed by atoms with E-state index in [1.54, 1.807) is 0 Å². The molecule has 1 saturated heterocycles. The molecule has 3 unspecified atom stereocenters. The Morgan fingerprint density at radius 3 is 2.35 bits per heavy atom. The molecule has 1 aromatic rings. The van der Waals surface area contributed by atoms with E-state index in [9.17, 15) is 9.90 Å². The fraction of sp³-hybridized carbons (Fsp3) is 0.750. The molecular weight excluding hydrogens is 382 g/mol. The maximum absolute atomic E-state index is 12.1. The molecule has 3 fully saturated rings. The van der Waals surface area contributed by atoms with Gasteiger partial charge in [-0.2, -0.15) is 0 Å². The van der Waals surface area contributed by atoms with Crippen LogP contribution in [0.5, 0.6) is 0 Å². The number of piperidine rings is 1. The predicted molar refractivity (Wildman–Crippen MR) is 127 cm³/mol. The first-order valence-corrected chi connectivity index (χ1v) is 13.2. The van der Waals surface area contributed by atoms with Gasteiger partial charge in [-0.05, 0) is 100 Å². The summed E-state index contributed by atoms with van der Waals surface area (Å²) in [5.41, 5.74) is 1.48. The van der Waals surface area contributed by atoms with Gasteiger partial charge >= 0.3 is 5.97 Å². The van der Waals surface area contributed by atoms with Crippen LogP contribution in [0.2, 0.25) is 0 Å². The van der Waals surface area contributed by atoms with E-state index >= 15 is 0 Å². The van der Waals surface area contributed by atoms with Crippen LogP contribution in [0.1, 0.15) is 82.6 Å². The zero-order valence-electron chi connectivity index (χ0n) is 19.4. The molecule has 0 aromatic heterocycles. The van der Waals surface area contributed by atoms with Gasteiger partial charge in [-0.15, -0.1) is 0 Å². The number of carboxylic acids is 1. The Kier molecular flexibility index (Phi) is 8.47. The molecule has 0 spiro atoms. The van der Waals surface area contributed by atoms with Gasteiger partial charge in [0.2, 0.25) is 0 Å². The van der Waals surface area contributed by atoms with Crippen molar-refractivity contribution < 1.29 is 9.90 Å². The molecule has 1 heterocycles. The number of carbonyl (C=O) groups is 1. The van der Waals surface area contributed by atoms with Crippen molar-refractivity contribution in [2.45, 2.75) is 83.5 Å². The van der Waals surface area contributed by atoms with Gasteiger partial charge in [0.1, 0.15) is 0 Å². The molecule has 31 heavy (non-hydrogen) atoms. The van der Waals surface area contributed by atoms with E-state index in [0.29, 0.717) is 11.8 Å². The topological polar surface area (TPSA) is 40.5 Å². The van der Waals surface area contributed by atoms with Crippen LogP contribution in [0.3, 0.4) is 0 Å². The number of likely N-dealkylation sites (tertiary alicyclic amines) is 1. The second-order valence-electron chi connectivity index (χ2n) is 10.8. The highest BCUT2D eigenvalue weighted by molar-refractivity contribution is 5.70. The number of hydrogen-bond donors (Lipinski definition) is 1. The zero-order valence-corrected chi connectivity index (χ0v) is 19.4. The Hall–Kier alpha value is -1.35.